The summed E-state index contributed by atoms with van der Waals surface area (Å²) in [4.78, 5) is 0. The summed E-state index contributed by atoms with van der Waals surface area (Å²) >= 11 is 3.18. The van der Waals surface area contributed by atoms with Gasteiger partial charge in [0, 0.05) is 11.8 Å². The zero-order chi connectivity index (χ0) is 10.7. The van der Waals surface area contributed by atoms with Gasteiger partial charge in [0.1, 0.15) is 0 Å². The van der Waals surface area contributed by atoms with E-state index in [0.717, 1.165) is 15.2 Å². The molecule has 80 valence electrons. The van der Waals surface area contributed by atoms with Crippen LogP contribution in [0.25, 0.3) is 0 Å². The number of anilines is 1. The van der Waals surface area contributed by atoms with Crippen molar-refractivity contribution in [2.45, 2.75) is 30.1 Å². The lowest BCUT2D eigenvalue weighted by Crippen LogP contribution is -1.99. The number of rotatable bonds is 5. The Morgan fingerprint density at radius 1 is 1.67 bits per heavy atom. The zero-order valence-corrected chi connectivity index (χ0v) is 10.1. The van der Waals surface area contributed by atoms with Gasteiger partial charge in [-0.05, 0) is 19.8 Å². The second-order valence-electron chi connectivity index (χ2n) is 3.63. The van der Waals surface area contributed by atoms with E-state index in [9.17, 15) is 0 Å². The van der Waals surface area contributed by atoms with Gasteiger partial charge in [-0.15, -0.1) is 10.2 Å². The van der Waals surface area contributed by atoms with Crippen LogP contribution >= 0.6 is 23.1 Å². The Labute approximate surface area is 97.1 Å². The summed E-state index contributed by atoms with van der Waals surface area (Å²) in [5.74, 6) is 0.855. The molecule has 2 rings (SSSR count). The normalized spacial score (nSPS) is 17.1. The molecule has 1 N–H and O–H groups in total. The maximum atomic E-state index is 8.64. The molecule has 1 aromatic rings. The first-order valence-electron chi connectivity index (χ1n) is 4.90. The van der Waals surface area contributed by atoms with Crippen LogP contribution in [0.15, 0.2) is 4.34 Å². The highest BCUT2D eigenvalue weighted by molar-refractivity contribution is 8.01. The van der Waals surface area contributed by atoms with Crippen molar-refractivity contribution >= 4 is 28.2 Å². The van der Waals surface area contributed by atoms with E-state index in [1.165, 1.54) is 12.8 Å². The fourth-order valence-electron chi connectivity index (χ4n) is 0.962. The van der Waals surface area contributed by atoms with Gasteiger partial charge in [0.25, 0.3) is 0 Å². The number of hydrogen-bond donors (Lipinski definition) is 1. The lowest BCUT2D eigenvalue weighted by molar-refractivity contribution is 0.862. The van der Waals surface area contributed by atoms with Gasteiger partial charge in [0.2, 0.25) is 5.13 Å². The van der Waals surface area contributed by atoms with Crippen LogP contribution < -0.4 is 5.32 Å². The molecular weight excluding hydrogens is 228 g/mol. The van der Waals surface area contributed by atoms with E-state index in [0.29, 0.717) is 6.04 Å². The predicted molar refractivity (Wildman–Crippen MR) is 62.1 cm³/mol. The molecule has 0 aliphatic heterocycles. The van der Waals surface area contributed by atoms with Crippen LogP contribution in [0.3, 0.4) is 0 Å². The van der Waals surface area contributed by atoms with Crippen LogP contribution in [0.1, 0.15) is 19.8 Å². The second-order valence-corrected chi connectivity index (χ2v) is 5.88. The Morgan fingerprint density at radius 2 is 2.47 bits per heavy atom. The Bertz CT molecular complexity index is 366. The fraction of sp³-hybridized carbons (Fsp3) is 0.667. The predicted octanol–water partition coefficient (Wildman–Crippen LogP) is 2.36. The minimum Gasteiger partial charge on any atom is -0.357 e. The van der Waals surface area contributed by atoms with E-state index >= 15 is 0 Å². The Hall–Kier alpha value is -0.800. The zero-order valence-electron chi connectivity index (χ0n) is 8.43. The third-order valence-electron chi connectivity index (χ3n) is 1.99. The summed E-state index contributed by atoms with van der Waals surface area (Å²) in [6.45, 7) is 1.91. The summed E-state index contributed by atoms with van der Waals surface area (Å²) in [5, 5.41) is 21.0. The highest BCUT2D eigenvalue weighted by atomic mass is 32.2. The third-order valence-corrected chi connectivity index (χ3v) is 4.24. The van der Waals surface area contributed by atoms with E-state index in [1.807, 2.05) is 6.92 Å². The minimum atomic E-state index is 0.0683. The molecule has 1 saturated carbocycles. The molecule has 0 aromatic carbocycles. The Balaban J connectivity index is 1.81. The average molecular weight is 240 g/mol. The molecule has 0 spiro atoms. The smallest absolute Gasteiger partial charge is 0.206 e. The van der Waals surface area contributed by atoms with Crippen molar-refractivity contribution in [3.63, 3.8) is 0 Å². The van der Waals surface area contributed by atoms with Gasteiger partial charge < -0.3 is 5.32 Å². The van der Waals surface area contributed by atoms with E-state index in [2.05, 4.69) is 21.6 Å². The van der Waals surface area contributed by atoms with Gasteiger partial charge in [-0.25, -0.2) is 0 Å². The molecule has 0 bridgehead atoms. The van der Waals surface area contributed by atoms with Crippen molar-refractivity contribution in [2.75, 3.05) is 11.1 Å². The van der Waals surface area contributed by atoms with Crippen LogP contribution in [-0.2, 0) is 0 Å². The topological polar surface area (TPSA) is 61.6 Å². The summed E-state index contributed by atoms with van der Waals surface area (Å²) in [6.07, 6.45) is 2.49. The molecular formula is C9H12N4S2. The van der Waals surface area contributed by atoms with Crippen molar-refractivity contribution < 1.29 is 0 Å². The first-order valence-corrected chi connectivity index (χ1v) is 6.70. The number of aromatic nitrogens is 2. The molecule has 1 atom stereocenters. The second kappa shape index (κ2) is 4.81. The summed E-state index contributed by atoms with van der Waals surface area (Å²) < 4.78 is 0.945. The Kier molecular flexibility index (Phi) is 3.44. The molecule has 15 heavy (non-hydrogen) atoms. The van der Waals surface area contributed by atoms with Gasteiger partial charge in [0.15, 0.2) is 4.34 Å². The number of nitrogens with one attached hydrogen (secondary N) is 1. The van der Waals surface area contributed by atoms with Crippen LogP contribution in [0.5, 0.6) is 0 Å². The van der Waals surface area contributed by atoms with Gasteiger partial charge in [-0.2, -0.15) is 5.26 Å². The van der Waals surface area contributed by atoms with Gasteiger partial charge in [-0.1, -0.05) is 23.1 Å². The first-order chi connectivity index (χ1) is 7.28. The van der Waals surface area contributed by atoms with Crippen molar-refractivity contribution in [3.05, 3.63) is 0 Å². The molecule has 6 heteroatoms. The van der Waals surface area contributed by atoms with Crippen LogP contribution in [-0.4, -0.2) is 22.0 Å². The summed E-state index contributed by atoms with van der Waals surface area (Å²) in [6, 6.07) is 2.82. The van der Waals surface area contributed by atoms with Crippen molar-refractivity contribution in [2.24, 2.45) is 5.92 Å². The highest BCUT2D eigenvalue weighted by Crippen LogP contribution is 2.30. The van der Waals surface area contributed by atoms with E-state index in [-0.39, 0.29) is 5.92 Å². The quantitative estimate of drug-likeness (QED) is 0.801. The maximum Gasteiger partial charge on any atom is 0.206 e. The van der Waals surface area contributed by atoms with E-state index < -0.39 is 0 Å². The third kappa shape index (κ3) is 3.36. The van der Waals surface area contributed by atoms with Gasteiger partial charge in [-0.3, -0.25) is 0 Å². The molecule has 1 unspecified atom stereocenters. The fourth-order valence-corrected chi connectivity index (χ4v) is 2.76. The average Bonchev–Trinajstić information content (AvgIpc) is 2.93. The van der Waals surface area contributed by atoms with E-state index in [4.69, 9.17) is 5.26 Å². The molecule has 0 radical (unpaired) electrons. The molecule has 1 fully saturated rings. The summed E-state index contributed by atoms with van der Waals surface area (Å²) in [5.41, 5.74) is 0. The molecule has 0 saturated heterocycles. The van der Waals surface area contributed by atoms with Crippen molar-refractivity contribution in [1.29, 1.82) is 5.26 Å². The standard InChI is InChI=1S/C9H12N4S2/c1-6(4-10)5-14-9-13-12-8(15-9)11-7-2-3-7/h6-7H,2-3,5H2,1H3,(H,11,12). The van der Waals surface area contributed by atoms with Gasteiger partial charge >= 0.3 is 0 Å². The van der Waals surface area contributed by atoms with E-state index in [1.54, 1.807) is 23.1 Å². The number of hydrogen-bond acceptors (Lipinski definition) is 6. The van der Waals surface area contributed by atoms with Crippen LogP contribution in [0.4, 0.5) is 5.13 Å². The summed E-state index contributed by atoms with van der Waals surface area (Å²) in [7, 11) is 0. The lowest BCUT2D eigenvalue weighted by atomic mass is 10.3. The number of thioether (sulfide) groups is 1. The van der Waals surface area contributed by atoms with Crippen LogP contribution in [0, 0.1) is 17.2 Å². The largest absolute Gasteiger partial charge is 0.357 e. The number of nitrogens with zero attached hydrogens (tertiary/aromatic N) is 3. The molecule has 1 aliphatic carbocycles. The van der Waals surface area contributed by atoms with Crippen molar-refractivity contribution in [1.82, 2.24) is 10.2 Å². The highest BCUT2D eigenvalue weighted by Gasteiger charge is 2.22. The maximum absolute atomic E-state index is 8.64. The molecule has 1 heterocycles. The van der Waals surface area contributed by atoms with Gasteiger partial charge in [0.05, 0.1) is 12.0 Å². The molecule has 1 aromatic heterocycles. The minimum absolute atomic E-state index is 0.0683. The molecule has 4 nitrogen and oxygen atoms in total. The Morgan fingerprint density at radius 3 is 3.13 bits per heavy atom. The monoisotopic (exact) mass is 240 g/mol. The molecule has 1 aliphatic rings. The SMILES string of the molecule is CC(C#N)CSc1nnc(NC2CC2)s1. The molecule has 0 amide bonds. The van der Waals surface area contributed by atoms with Crippen molar-refractivity contribution in [3.8, 4) is 6.07 Å². The number of nitriles is 1. The van der Waals surface area contributed by atoms with Crippen LogP contribution in [0.2, 0.25) is 0 Å². The lowest BCUT2D eigenvalue weighted by Gasteiger charge is -1.97. The first kappa shape index (κ1) is 10.7.